The fourth-order valence-electron chi connectivity index (χ4n) is 1.33. The highest BCUT2D eigenvalue weighted by molar-refractivity contribution is 5.88. The number of aromatic nitrogens is 1. The highest BCUT2D eigenvalue weighted by atomic mass is 16.6. The second kappa shape index (κ2) is 3.65. The summed E-state index contributed by atoms with van der Waals surface area (Å²) < 4.78 is 5.21. The van der Waals surface area contributed by atoms with Crippen LogP contribution in [0, 0.1) is 0 Å². The molecule has 4 heteroatoms. The van der Waals surface area contributed by atoms with Gasteiger partial charge in [0.15, 0.2) is 0 Å². The van der Waals surface area contributed by atoms with Gasteiger partial charge in [-0.3, -0.25) is 0 Å². The lowest BCUT2D eigenvalue weighted by Crippen LogP contribution is -2.25. The molecule has 0 aliphatic rings. The van der Waals surface area contributed by atoms with Crippen molar-refractivity contribution in [1.29, 1.82) is 0 Å². The number of hydrogen-bond donors (Lipinski definition) is 1. The van der Waals surface area contributed by atoms with Crippen LogP contribution in [0.5, 0.6) is 5.75 Å². The number of aromatic amines is 1. The summed E-state index contributed by atoms with van der Waals surface area (Å²) in [5, 5.41) is 0.910. The number of amides is 1. The van der Waals surface area contributed by atoms with Gasteiger partial charge in [-0.05, 0) is 18.2 Å². The van der Waals surface area contributed by atoms with Crippen molar-refractivity contribution in [3.63, 3.8) is 0 Å². The second-order valence-corrected chi connectivity index (χ2v) is 3.46. The van der Waals surface area contributed by atoms with Crippen LogP contribution in [0.4, 0.5) is 4.79 Å². The van der Waals surface area contributed by atoms with Crippen molar-refractivity contribution in [3.05, 3.63) is 30.5 Å². The van der Waals surface area contributed by atoms with Gasteiger partial charge in [-0.1, -0.05) is 6.07 Å². The van der Waals surface area contributed by atoms with Gasteiger partial charge < -0.3 is 14.6 Å². The van der Waals surface area contributed by atoms with Crippen LogP contribution in [0.25, 0.3) is 10.9 Å². The van der Waals surface area contributed by atoms with E-state index in [-0.39, 0.29) is 6.09 Å². The van der Waals surface area contributed by atoms with Crippen LogP contribution in [0.2, 0.25) is 0 Å². The molecule has 0 aliphatic heterocycles. The van der Waals surface area contributed by atoms with Gasteiger partial charge in [0.25, 0.3) is 0 Å². The minimum absolute atomic E-state index is 0.372. The molecule has 1 amide bonds. The third-order valence-corrected chi connectivity index (χ3v) is 2.12. The van der Waals surface area contributed by atoms with Gasteiger partial charge in [-0.15, -0.1) is 0 Å². The number of ether oxygens (including phenoxy) is 1. The first-order valence-electron chi connectivity index (χ1n) is 4.64. The van der Waals surface area contributed by atoms with Crippen LogP contribution in [-0.4, -0.2) is 30.1 Å². The Morgan fingerprint density at radius 1 is 1.33 bits per heavy atom. The third-order valence-electron chi connectivity index (χ3n) is 2.12. The minimum atomic E-state index is -0.372. The van der Waals surface area contributed by atoms with Gasteiger partial charge in [0.05, 0.1) is 0 Å². The van der Waals surface area contributed by atoms with Gasteiger partial charge in [0, 0.05) is 31.2 Å². The number of benzene rings is 1. The van der Waals surface area contributed by atoms with Gasteiger partial charge in [0.1, 0.15) is 5.75 Å². The molecule has 4 nitrogen and oxygen atoms in total. The van der Waals surface area contributed by atoms with E-state index in [1.807, 2.05) is 24.4 Å². The first-order valence-corrected chi connectivity index (χ1v) is 4.64. The number of H-pyrrole nitrogens is 1. The SMILES string of the molecule is CN(C)C(=O)Oc1cccc2[nH]ccc12. The maximum Gasteiger partial charge on any atom is 0.414 e. The van der Waals surface area contributed by atoms with Crippen LogP contribution in [0.15, 0.2) is 30.5 Å². The highest BCUT2D eigenvalue weighted by Gasteiger charge is 2.09. The molecule has 1 heterocycles. The van der Waals surface area contributed by atoms with E-state index in [0.717, 1.165) is 10.9 Å². The number of rotatable bonds is 1. The molecule has 0 bridgehead atoms. The summed E-state index contributed by atoms with van der Waals surface area (Å²) in [5.74, 6) is 0.576. The number of hydrogen-bond acceptors (Lipinski definition) is 2. The average molecular weight is 204 g/mol. The van der Waals surface area contributed by atoms with Gasteiger partial charge >= 0.3 is 6.09 Å². The predicted octanol–water partition coefficient (Wildman–Crippen LogP) is 2.23. The van der Waals surface area contributed by atoms with Crippen LogP contribution in [0.1, 0.15) is 0 Å². The summed E-state index contributed by atoms with van der Waals surface area (Å²) >= 11 is 0. The van der Waals surface area contributed by atoms with Gasteiger partial charge in [-0.25, -0.2) is 4.79 Å². The van der Waals surface area contributed by atoms with E-state index >= 15 is 0 Å². The summed E-state index contributed by atoms with van der Waals surface area (Å²) in [6, 6.07) is 7.44. The van der Waals surface area contributed by atoms with E-state index in [9.17, 15) is 4.79 Å². The quantitative estimate of drug-likeness (QED) is 0.774. The Labute approximate surface area is 87.5 Å². The smallest absolute Gasteiger partial charge is 0.409 e. The Morgan fingerprint density at radius 3 is 2.87 bits per heavy atom. The number of carbonyl (C=O) groups is 1. The Kier molecular flexibility index (Phi) is 2.33. The minimum Gasteiger partial charge on any atom is -0.409 e. The Bertz CT molecular complexity index is 488. The van der Waals surface area contributed by atoms with Crippen LogP contribution in [-0.2, 0) is 0 Å². The third kappa shape index (κ3) is 1.79. The molecule has 2 aromatic rings. The zero-order valence-corrected chi connectivity index (χ0v) is 8.65. The van der Waals surface area contributed by atoms with Gasteiger partial charge in [0.2, 0.25) is 0 Å². The molecule has 0 saturated heterocycles. The van der Waals surface area contributed by atoms with E-state index in [4.69, 9.17) is 4.74 Å². The fourth-order valence-corrected chi connectivity index (χ4v) is 1.33. The second-order valence-electron chi connectivity index (χ2n) is 3.46. The molecule has 78 valence electrons. The molecule has 15 heavy (non-hydrogen) atoms. The molecular weight excluding hydrogens is 192 g/mol. The van der Waals surface area contributed by atoms with Crippen molar-refractivity contribution in [3.8, 4) is 5.75 Å². The Hall–Kier alpha value is -1.97. The normalized spacial score (nSPS) is 10.3. The molecule has 0 aliphatic carbocycles. The number of fused-ring (bicyclic) bond motifs is 1. The van der Waals surface area contributed by atoms with Crippen LogP contribution in [0.3, 0.4) is 0 Å². The van der Waals surface area contributed by atoms with Crippen molar-refractivity contribution in [2.75, 3.05) is 14.1 Å². The monoisotopic (exact) mass is 204 g/mol. The molecule has 0 saturated carbocycles. The molecule has 0 unspecified atom stereocenters. The summed E-state index contributed by atoms with van der Waals surface area (Å²) in [5.41, 5.74) is 0.957. The van der Waals surface area contributed by atoms with E-state index in [1.54, 1.807) is 20.2 Å². The molecule has 1 N–H and O–H groups in total. The first-order chi connectivity index (χ1) is 7.18. The largest absolute Gasteiger partial charge is 0.414 e. The highest BCUT2D eigenvalue weighted by Crippen LogP contribution is 2.24. The van der Waals surface area contributed by atoms with Crippen molar-refractivity contribution in [2.45, 2.75) is 0 Å². The summed E-state index contributed by atoms with van der Waals surface area (Å²) in [7, 11) is 3.30. The molecule has 2 rings (SSSR count). The zero-order chi connectivity index (χ0) is 10.8. The van der Waals surface area contributed by atoms with E-state index in [0.29, 0.717) is 5.75 Å². The van der Waals surface area contributed by atoms with Crippen LogP contribution < -0.4 is 4.74 Å². The number of nitrogens with zero attached hydrogens (tertiary/aromatic N) is 1. The maximum atomic E-state index is 11.4. The summed E-state index contributed by atoms with van der Waals surface area (Å²) in [4.78, 5) is 15.8. The van der Waals surface area contributed by atoms with Crippen molar-refractivity contribution in [2.24, 2.45) is 0 Å². The standard InChI is InChI=1S/C11H12N2O2/c1-13(2)11(14)15-10-5-3-4-9-8(10)6-7-12-9/h3-7,12H,1-2H3. The van der Waals surface area contributed by atoms with Crippen molar-refractivity contribution >= 4 is 17.0 Å². The molecule has 1 aromatic heterocycles. The molecule has 0 radical (unpaired) electrons. The molecule has 0 fully saturated rings. The number of carbonyl (C=O) groups excluding carboxylic acids is 1. The molecule has 1 aromatic carbocycles. The lowest BCUT2D eigenvalue weighted by Gasteiger charge is -2.11. The molecular formula is C11H12N2O2. The Morgan fingerprint density at radius 2 is 2.13 bits per heavy atom. The lowest BCUT2D eigenvalue weighted by atomic mass is 10.2. The first kappa shape index (κ1) is 9.58. The van der Waals surface area contributed by atoms with Gasteiger partial charge in [-0.2, -0.15) is 0 Å². The van der Waals surface area contributed by atoms with Crippen molar-refractivity contribution in [1.82, 2.24) is 9.88 Å². The van der Waals surface area contributed by atoms with Crippen molar-refractivity contribution < 1.29 is 9.53 Å². The predicted molar refractivity (Wildman–Crippen MR) is 58.0 cm³/mol. The van der Waals surface area contributed by atoms with E-state index in [1.165, 1.54) is 4.90 Å². The topological polar surface area (TPSA) is 45.3 Å². The maximum absolute atomic E-state index is 11.4. The Balaban J connectivity index is 2.35. The molecule has 0 spiro atoms. The lowest BCUT2D eigenvalue weighted by molar-refractivity contribution is 0.172. The van der Waals surface area contributed by atoms with Crippen LogP contribution >= 0.6 is 0 Å². The fraction of sp³-hybridized carbons (Fsp3) is 0.182. The summed E-state index contributed by atoms with van der Waals surface area (Å²) in [6.45, 7) is 0. The summed E-state index contributed by atoms with van der Waals surface area (Å²) in [6.07, 6.45) is 1.45. The average Bonchev–Trinajstić information content (AvgIpc) is 2.66. The molecule has 0 atom stereocenters. The zero-order valence-electron chi connectivity index (χ0n) is 8.65. The van der Waals surface area contributed by atoms with E-state index in [2.05, 4.69) is 4.98 Å². The number of nitrogens with one attached hydrogen (secondary N) is 1. The van der Waals surface area contributed by atoms with E-state index < -0.39 is 0 Å².